The number of hydrogen-bond acceptors (Lipinski definition) is 6. The molecular formula is C21H30N6O2. The Labute approximate surface area is 172 Å². The number of carbonyl (C=O) groups is 1. The van der Waals surface area contributed by atoms with Crippen LogP contribution in [-0.4, -0.2) is 96.1 Å². The van der Waals surface area contributed by atoms with Gasteiger partial charge >= 0.3 is 0 Å². The molecule has 1 aromatic carbocycles. The summed E-state index contributed by atoms with van der Waals surface area (Å²) in [6.07, 6.45) is 5.98. The van der Waals surface area contributed by atoms with Gasteiger partial charge in [-0.3, -0.25) is 9.48 Å². The van der Waals surface area contributed by atoms with Crippen molar-refractivity contribution in [3.63, 3.8) is 0 Å². The smallest absolute Gasteiger partial charge is 0.276 e. The van der Waals surface area contributed by atoms with Crippen LogP contribution >= 0.6 is 0 Å². The second-order valence-corrected chi connectivity index (χ2v) is 7.40. The van der Waals surface area contributed by atoms with Gasteiger partial charge < -0.3 is 19.4 Å². The van der Waals surface area contributed by atoms with Gasteiger partial charge in [-0.1, -0.05) is 29.5 Å². The fourth-order valence-electron chi connectivity index (χ4n) is 3.13. The maximum absolute atomic E-state index is 12.5. The highest BCUT2D eigenvalue weighted by Crippen LogP contribution is 2.12. The van der Waals surface area contributed by atoms with Gasteiger partial charge in [0.2, 0.25) is 0 Å². The molecule has 0 spiro atoms. The van der Waals surface area contributed by atoms with Crippen molar-refractivity contribution in [3.05, 3.63) is 47.8 Å². The molecule has 156 valence electrons. The quantitative estimate of drug-likeness (QED) is 0.668. The van der Waals surface area contributed by atoms with E-state index in [0.29, 0.717) is 12.2 Å². The summed E-state index contributed by atoms with van der Waals surface area (Å²) < 4.78 is 6.91. The van der Waals surface area contributed by atoms with E-state index in [1.54, 1.807) is 18.0 Å². The summed E-state index contributed by atoms with van der Waals surface area (Å²) in [6, 6.07) is 7.97. The molecule has 1 amide bonds. The lowest BCUT2D eigenvalue weighted by Crippen LogP contribution is -2.47. The number of aromatic nitrogens is 3. The molecule has 0 radical (unpaired) electrons. The Balaban J connectivity index is 1.42. The molecule has 3 rings (SSSR count). The summed E-state index contributed by atoms with van der Waals surface area (Å²) in [5.41, 5.74) is 1.57. The normalized spacial score (nSPS) is 15.4. The number of likely N-dealkylation sites (N-methyl/N-ethyl adjacent to an activating group) is 2. The third kappa shape index (κ3) is 6.13. The van der Waals surface area contributed by atoms with E-state index in [-0.39, 0.29) is 5.91 Å². The maximum atomic E-state index is 12.5. The van der Waals surface area contributed by atoms with E-state index in [9.17, 15) is 4.79 Å². The van der Waals surface area contributed by atoms with E-state index in [1.165, 1.54) is 0 Å². The van der Waals surface area contributed by atoms with Crippen LogP contribution in [0.15, 0.2) is 36.5 Å². The second-order valence-electron chi connectivity index (χ2n) is 7.40. The van der Waals surface area contributed by atoms with Crippen LogP contribution in [0.25, 0.3) is 6.08 Å². The van der Waals surface area contributed by atoms with Crippen molar-refractivity contribution < 1.29 is 9.53 Å². The van der Waals surface area contributed by atoms with Gasteiger partial charge in [0.15, 0.2) is 5.69 Å². The average molecular weight is 399 g/mol. The lowest BCUT2D eigenvalue weighted by molar-refractivity contribution is 0.0658. The van der Waals surface area contributed by atoms with Crippen LogP contribution in [0, 0.1) is 0 Å². The van der Waals surface area contributed by atoms with Crippen molar-refractivity contribution in [1.29, 1.82) is 0 Å². The van der Waals surface area contributed by atoms with Gasteiger partial charge in [0.1, 0.15) is 5.75 Å². The minimum absolute atomic E-state index is 0.0277. The minimum atomic E-state index is -0.0277. The van der Waals surface area contributed by atoms with Crippen LogP contribution in [0.3, 0.4) is 0 Å². The van der Waals surface area contributed by atoms with Crippen molar-refractivity contribution in [1.82, 2.24) is 29.7 Å². The van der Waals surface area contributed by atoms with Gasteiger partial charge in [0.25, 0.3) is 5.91 Å². The van der Waals surface area contributed by atoms with Crippen LogP contribution in [0.5, 0.6) is 5.75 Å². The Morgan fingerprint density at radius 3 is 2.62 bits per heavy atom. The highest BCUT2D eigenvalue weighted by atomic mass is 16.5. The van der Waals surface area contributed by atoms with E-state index in [0.717, 1.165) is 50.6 Å². The largest absolute Gasteiger partial charge is 0.497 e. The molecule has 1 aliphatic heterocycles. The second kappa shape index (κ2) is 10.2. The monoisotopic (exact) mass is 398 g/mol. The highest BCUT2D eigenvalue weighted by Gasteiger charge is 2.22. The standard InChI is InChI=1S/C21H30N6O2/c1-24(10-4-5-18-6-8-19(29-3)9-7-18)13-16-27-17-20(22-23-27)21(28)26-14-11-25(2)12-15-26/h4-9,17H,10-16H2,1-3H3/b5-4+. The molecule has 0 unspecified atom stereocenters. The number of benzene rings is 1. The molecule has 8 heteroatoms. The number of hydrogen-bond donors (Lipinski definition) is 0. The number of methoxy groups -OCH3 is 1. The first-order valence-corrected chi connectivity index (χ1v) is 9.92. The molecule has 8 nitrogen and oxygen atoms in total. The van der Waals surface area contributed by atoms with Gasteiger partial charge in [-0.25, -0.2) is 0 Å². The first kappa shape index (κ1) is 21.0. The molecule has 0 N–H and O–H groups in total. The van der Waals surface area contributed by atoms with Gasteiger partial charge in [-0.2, -0.15) is 0 Å². The maximum Gasteiger partial charge on any atom is 0.276 e. The lowest BCUT2D eigenvalue weighted by atomic mass is 10.2. The Hall–Kier alpha value is -2.71. The predicted molar refractivity (Wildman–Crippen MR) is 113 cm³/mol. The fourth-order valence-corrected chi connectivity index (χ4v) is 3.13. The van der Waals surface area contributed by atoms with Gasteiger partial charge in [0, 0.05) is 39.3 Å². The van der Waals surface area contributed by atoms with E-state index >= 15 is 0 Å². The summed E-state index contributed by atoms with van der Waals surface area (Å²) in [5.74, 6) is 0.831. The molecule has 1 saturated heterocycles. The minimum Gasteiger partial charge on any atom is -0.497 e. The van der Waals surface area contributed by atoms with Crippen LogP contribution in [0.1, 0.15) is 16.1 Å². The van der Waals surface area contributed by atoms with Crippen LogP contribution < -0.4 is 4.74 Å². The molecule has 1 aliphatic rings. The average Bonchev–Trinajstić information content (AvgIpc) is 3.22. The predicted octanol–water partition coefficient (Wildman–Crippen LogP) is 1.32. The first-order valence-electron chi connectivity index (χ1n) is 9.92. The highest BCUT2D eigenvalue weighted by molar-refractivity contribution is 5.92. The zero-order valence-corrected chi connectivity index (χ0v) is 17.5. The first-order chi connectivity index (χ1) is 14.0. The summed E-state index contributed by atoms with van der Waals surface area (Å²) in [7, 11) is 5.80. The van der Waals surface area contributed by atoms with Gasteiger partial charge in [-0.15, -0.1) is 5.10 Å². The number of rotatable bonds is 8. The molecule has 1 aromatic heterocycles. The van der Waals surface area contributed by atoms with Crippen molar-refractivity contribution in [2.24, 2.45) is 0 Å². The SMILES string of the molecule is COc1ccc(/C=C/CN(C)CCn2cc(C(=O)N3CCN(C)CC3)nn2)cc1. The van der Waals surface area contributed by atoms with Crippen molar-refractivity contribution in [2.45, 2.75) is 6.54 Å². The topological polar surface area (TPSA) is 66.7 Å². The third-order valence-electron chi connectivity index (χ3n) is 5.10. The molecule has 0 atom stereocenters. The zero-order valence-electron chi connectivity index (χ0n) is 17.5. The van der Waals surface area contributed by atoms with Crippen LogP contribution in [0.2, 0.25) is 0 Å². The Morgan fingerprint density at radius 1 is 1.21 bits per heavy atom. The Bertz CT molecular complexity index is 809. The summed E-state index contributed by atoms with van der Waals surface area (Å²) in [4.78, 5) is 18.8. The van der Waals surface area contributed by atoms with E-state index in [2.05, 4.69) is 46.4 Å². The molecule has 29 heavy (non-hydrogen) atoms. The van der Waals surface area contributed by atoms with Crippen molar-refractivity contribution in [3.8, 4) is 5.75 Å². The third-order valence-corrected chi connectivity index (χ3v) is 5.10. The number of nitrogens with zero attached hydrogens (tertiary/aromatic N) is 6. The van der Waals surface area contributed by atoms with E-state index < -0.39 is 0 Å². The summed E-state index contributed by atoms with van der Waals surface area (Å²) in [6.45, 7) is 5.61. The lowest BCUT2D eigenvalue weighted by Gasteiger charge is -2.31. The fraction of sp³-hybridized carbons (Fsp3) is 0.476. The number of carbonyl (C=O) groups excluding carboxylic acids is 1. The van der Waals surface area contributed by atoms with Gasteiger partial charge in [0.05, 0.1) is 19.9 Å². The molecule has 2 aromatic rings. The Kier molecular flexibility index (Phi) is 7.37. The number of ether oxygens (including phenoxy) is 1. The summed E-state index contributed by atoms with van der Waals surface area (Å²) in [5, 5.41) is 8.19. The number of piperazine rings is 1. The Morgan fingerprint density at radius 2 is 1.93 bits per heavy atom. The van der Waals surface area contributed by atoms with E-state index in [1.807, 2.05) is 29.2 Å². The van der Waals surface area contributed by atoms with Gasteiger partial charge in [-0.05, 0) is 31.8 Å². The molecule has 0 saturated carbocycles. The van der Waals surface area contributed by atoms with Crippen molar-refractivity contribution >= 4 is 12.0 Å². The molecule has 0 bridgehead atoms. The molecule has 1 fully saturated rings. The zero-order chi connectivity index (χ0) is 20.6. The molecular weight excluding hydrogens is 368 g/mol. The molecule has 0 aliphatic carbocycles. The van der Waals surface area contributed by atoms with Crippen molar-refractivity contribution in [2.75, 3.05) is 60.5 Å². The molecule has 2 heterocycles. The van der Waals surface area contributed by atoms with Crippen LogP contribution in [0.4, 0.5) is 0 Å². The summed E-state index contributed by atoms with van der Waals surface area (Å²) >= 11 is 0. The number of amides is 1. The van der Waals surface area contributed by atoms with E-state index in [4.69, 9.17) is 4.74 Å². The van der Waals surface area contributed by atoms with Crippen LogP contribution in [-0.2, 0) is 6.54 Å².